The Morgan fingerprint density at radius 3 is 1.96 bits per heavy atom. The van der Waals surface area contributed by atoms with E-state index in [1.54, 1.807) is 0 Å². The fourth-order valence-electron chi connectivity index (χ4n) is 8.00. The number of benzene rings is 7. The zero-order valence-corrected chi connectivity index (χ0v) is 26.9. The average molecular weight is 668 g/mol. The average Bonchev–Trinajstić information content (AvgIpc) is 3.70. The Kier molecular flexibility index (Phi) is 4.89. The van der Waals surface area contributed by atoms with E-state index >= 15 is 0 Å². The van der Waals surface area contributed by atoms with Crippen molar-refractivity contribution in [2.24, 2.45) is 0 Å². The van der Waals surface area contributed by atoms with Crippen LogP contribution in [0, 0.1) is 0 Å². The first kappa shape index (κ1) is 25.1. The van der Waals surface area contributed by atoms with Crippen molar-refractivity contribution >= 4 is 91.1 Å². The van der Waals surface area contributed by atoms with Crippen molar-refractivity contribution in [3.05, 3.63) is 144 Å². The van der Waals surface area contributed by atoms with Gasteiger partial charge in [-0.05, 0) is 59.7 Å². The third-order valence-corrected chi connectivity index (χ3v) is 11.5. The molecule has 46 heavy (non-hydrogen) atoms. The lowest BCUT2D eigenvalue weighted by Gasteiger charge is -2.13. The SMILES string of the molecule is Brc1ccc2c(c1)sc1cc(-n3c4ccccc4c4cc5c6cccc7c6n(c5cc43)-c3ccccc3-c3ccccc3-7)ccc12. The Morgan fingerprint density at radius 1 is 0.413 bits per heavy atom. The van der Waals surface area contributed by atoms with Gasteiger partial charge in [0.25, 0.3) is 0 Å². The summed E-state index contributed by atoms with van der Waals surface area (Å²) in [6.45, 7) is 0. The van der Waals surface area contributed by atoms with E-state index in [0.717, 1.165) is 4.47 Å². The summed E-state index contributed by atoms with van der Waals surface area (Å²) >= 11 is 5.53. The number of hydrogen-bond acceptors (Lipinski definition) is 1. The smallest absolute Gasteiger partial charge is 0.0619 e. The van der Waals surface area contributed by atoms with Crippen molar-refractivity contribution in [3.63, 3.8) is 0 Å². The molecule has 0 saturated heterocycles. The predicted octanol–water partition coefficient (Wildman–Crippen LogP) is 12.7. The number of rotatable bonds is 1. The maximum Gasteiger partial charge on any atom is 0.0619 e. The number of para-hydroxylation sites is 3. The van der Waals surface area contributed by atoms with Gasteiger partial charge in [-0.15, -0.1) is 11.3 Å². The number of nitrogens with zero attached hydrogens (tertiary/aromatic N) is 2. The highest BCUT2D eigenvalue weighted by Crippen LogP contribution is 2.48. The first-order valence-corrected chi connectivity index (χ1v) is 17.2. The Labute approximate surface area is 276 Å². The number of aromatic nitrogens is 2. The Hall–Kier alpha value is -5.16. The van der Waals surface area contributed by atoms with Gasteiger partial charge in [-0.2, -0.15) is 0 Å². The molecule has 0 bridgehead atoms. The molecule has 0 amide bonds. The van der Waals surface area contributed by atoms with Crippen molar-refractivity contribution in [2.45, 2.75) is 0 Å². The van der Waals surface area contributed by atoms with E-state index in [4.69, 9.17) is 0 Å². The quantitative estimate of drug-likeness (QED) is 0.165. The fourth-order valence-corrected chi connectivity index (χ4v) is 9.69. The van der Waals surface area contributed by atoms with Crippen molar-refractivity contribution < 1.29 is 0 Å². The minimum Gasteiger partial charge on any atom is -0.309 e. The molecule has 0 fully saturated rings. The van der Waals surface area contributed by atoms with Crippen LogP contribution < -0.4 is 0 Å². The molecule has 0 spiro atoms. The summed E-state index contributed by atoms with van der Waals surface area (Å²) < 4.78 is 8.70. The van der Waals surface area contributed by atoms with Crippen LogP contribution in [-0.2, 0) is 0 Å². The molecule has 0 N–H and O–H groups in total. The molecule has 4 heterocycles. The summed E-state index contributed by atoms with van der Waals surface area (Å²) in [5, 5.41) is 7.74. The number of halogens is 1. The van der Waals surface area contributed by atoms with Gasteiger partial charge < -0.3 is 9.13 Å². The van der Waals surface area contributed by atoms with Crippen LogP contribution in [0.25, 0.3) is 97.4 Å². The molecule has 1 aliphatic rings. The molecule has 3 aromatic heterocycles. The summed E-state index contributed by atoms with van der Waals surface area (Å²) in [5.41, 5.74) is 12.5. The van der Waals surface area contributed by atoms with Gasteiger partial charge in [0.05, 0.1) is 27.8 Å². The number of fused-ring (bicyclic) bond motifs is 14. The van der Waals surface area contributed by atoms with Crippen LogP contribution in [0.1, 0.15) is 0 Å². The Balaban J connectivity index is 1.29. The largest absolute Gasteiger partial charge is 0.309 e. The highest BCUT2D eigenvalue weighted by molar-refractivity contribution is 9.10. The van der Waals surface area contributed by atoms with Crippen LogP contribution >= 0.6 is 27.3 Å². The lowest BCUT2D eigenvalue weighted by Crippen LogP contribution is -1.97. The lowest BCUT2D eigenvalue weighted by atomic mass is 9.93. The van der Waals surface area contributed by atoms with Crippen LogP contribution in [0.3, 0.4) is 0 Å². The Bertz CT molecular complexity index is 2940. The van der Waals surface area contributed by atoms with Crippen molar-refractivity contribution in [1.82, 2.24) is 9.13 Å². The van der Waals surface area contributed by atoms with E-state index in [2.05, 4.69) is 165 Å². The molecule has 1 aliphatic heterocycles. The number of hydrogen-bond donors (Lipinski definition) is 0. The van der Waals surface area contributed by atoms with Crippen LogP contribution in [0.5, 0.6) is 0 Å². The zero-order chi connectivity index (χ0) is 30.1. The molecule has 0 unspecified atom stereocenters. The monoisotopic (exact) mass is 666 g/mol. The fraction of sp³-hybridized carbons (Fsp3) is 0. The predicted molar refractivity (Wildman–Crippen MR) is 200 cm³/mol. The van der Waals surface area contributed by atoms with Gasteiger partial charge in [-0.3, -0.25) is 0 Å². The van der Waals surface area contributed by atoms with E-state index in [9.17, 15) is 0 Å². The van der Waals surface area contributed by atoms with Gasteiger partial charge in [0, 0.05) is 63.0 Å². The first-order valence-electron chi connectivity index (χ1n) is 15.5. The number of thiophene rings is 1. The van der Waals surface area contributed by atoms with E-state index < -0.39 is 0 Å². The molecule has 0 aliphatic carbocycles. The molecule has 7 aromatic carbocycles. The summed E-state index contributed by atoms with van der Waals surface area (Å²) in [6.07, 6.45) is 0. The topological polar surface area (TPSA) is 9.86 Å². The summed E-state index contributed by atoms with van der Waals surface area (Å²) in [7, 11) is 0. The molecule has 0 radical (unpaired) electrons. The third kappa shape index (κ3) is 3.20. The van der Waals surface area contributed by atoms with E-state index in [1.807, 2.05) is 11.3 Å². The summed E-state index contributed by atoms with van der Waals surface area (Å²) in [4.78, 5) is 0. The molecule has 2 nitrogen and oxygen atoms in total. The molecular weight excluding hydrogens is 644 g/mol. The normalized spacial score (nSPS) is 12.5. The van der Waals surface area contributed by atoms with Crippen molar-refractivity contribution in [1.29, 1.82) is 0 Å². The van der Waals surface area contributed by atoms with Gasteiger partial charge in [0.2, 0.25) is 0 Å². The highest BCUT2D eigenvalue weighted by atomic mass is 79.9. The molecule has 0 atom stereocenters. The van der Waals surface area contributed by atoms with Crippen molar-refractivity contribution in [2.75, 3.05) is 0 Å². The van der Waals surface area contributed by atoms with Gasteiger partial charge in [-0.25, -0.2) is 0 Å². The highest BCUT2D eigenvalue weighted by Gasteiger charge is 2.25. The molecular formula is C42H23BrN2S. The van der Waals surface area contributed by atoms with E-state index in [-0.39, 0.29) is 0 Å². The first-order chi connectivity index (χ1) is 22.7. The van der Waals surface area contributed by atoms with Gasteiger partial charge in [-0.1, -0.05) is 107 Å². The van der Waals surface area contributed by atoms with Crippen LogP contribution in [0.15, 0.2) is 144 Å². The van der Waals surface area contributed by atoms with E-state index in [1.165, 1.54) is 97.4 Å². The van der Waals surface area contributed by atoms with Gasteiger partial charge in [0.1, 0.15) is 0 Å². The maximum absolute atomic E-state index is 3.67. The minimum absolute atomic E-state index is 1.12. The van der Waals surface area contributed by atoms with Crippen LogP contribution in [0.4, 0.5) is 0 Å². The Morgan fingerprint density at radius 2 is 1.07 bits per heavy atom. The van der Waals surface area contributed by atoms with Gasteiger partial charge in [0.15, 0.2) is 0 Å². The second-order valence-corrected chi connectivity index (χ2v) is 14.3. The van der Waals surface area contributed by atoms with Gasteiger partial charge >= 0.3 is 0 Å². The molecule has 10 aromatic rings. The standard InChI is InChI=1S/C42H23BrN2S/c43-24-16-18-30-31-19-17-25(21-41(31)46-40(30)20-24)44-36-14-5-4-11-29(36)34-22-35-33-13-7-12-32-27-9-2-1-8-26(27)28-10-3-6-15-37(28)45(42(32)33)39(35)23-38(34)44/h1-23H. The zero-order valence-electron chi connectivity index (χ0n) is 24.5. The molecule has 0 saturated carbocycles. The van der Waals surface area contributed by atoms with Crippen molar-refractivity contribution in [3.8, 4) is 33.6 Å². The molecule has 214 valence electrons. The maximum atomic E-state index is 3.67. The minimum atomic E-state index is 1.12. The lowest BCUT2D eigenvalue weighted by molar-refractivity contribution is 1.17. The molecule has 4 heteroatoms. The second kappa shape index (κ2) is 8.97. The summed E-state index contributed by atoms with van der Waals surface area (Å²) in [6, 6.07) is 51.8. The van der Waals surface area contributed by atoms with Crippen LogP contribution in [0.2, 0.25) is 0 Å². The van der Waals surface area contributed by atoms with E-state index in [0.29, 0.717) is 0 Å². The third-order valence-electron chi connectivity index (χ3n) is 9.91. The van der Waals surface area contributed by atoms with Crippen LogP contribution in [-0.4, -0.2) is 9.13 Å². The molecule has 11 rings (SSSR count). The summed E-state index contributed by atoms with van der Waals surface area (Å²) in [5.74, 6) is 0. The second-order valence-electron chi connectivity index (χ2n) is 12.3.